The number of ether oxygens (including phenoxy) is 1. The third-order valence-corrected chi connectivity index (χ3v) is 5.53. The first-order valence-electron chi connectivity index (χ1n) is 6.92. The number of carbonyl (C=O) groups excluding carboxylic acids is 1. The third-order valence-electron chi connectivity index (χ3n) is 3.78. The first kappa shape index (κ1) is 16.0. The number of amides is 2. The molecular weight excluding hydrogens is 300 g/mol. The maximum absolute atomic E-state index is 12.1. The number of carboxylic acids is 1. The molecule has 0 aromatic heterocycles. The van der Waals surface area contributed by atoms with Crippen molar-refractivity contribution >= 4 is 21.8 Å². The van der Waals surface area contributed by atoms with E-state index in [-0.39, 0.29) is 23.8 Å². The number of nitrogens with one attached hydrogen (secondary N) is 1. The van der Waals surface area contributed by atoms with E-state index in [0.717, 1.165) is 11.3 Å². The third kappa shape index (κ3) is 4.57. The van der Waals surface area contributed by atoms with E-state index in [1.807, 2.05) is 0 Å². The van der Waals surface area contributed by atoms with Gasteiger partial charge in [-0.3, -0.25) is 4.79 Å². The van der Waals surface area contributed by atoms with Gasteiger partial charge in [0.15, 0.2) is 9.84 Å². The SMILES string of the molecule is O=C(O)CN(C(=O)NCC1CCOC1)C1CCS(=O)(=O)C1. The summed E-state index contributed by atoms with van der Waals surface area (Å²) in [6.07, 6.45) is 1.15. The van der Waals surface area contributed by atoms with E-state index in [1.165, 1.54) is 0 Å². The number of aliphatic carboxylic acids is 1. The van der Waals surface area contributed by atoms with E-state index in [2.05, 4.69) is 5.32 Å². The minimum atomic E-state index is -3.17. The van der Waals surface area contributed by atoms with Crippen LogP contribution in [0.25, 0.3) is 0 Å². The predicted molar refractivity (Wildman–Crippen MR) is 73.7 cm³/mol. The zero-order valence-electron chi connectivity index (χ0n) is 11.7. The molecule has 2 atom stereocenters. The first-order chi connectivity index (χ1) is 9.87. The number of carboxylic acid groups (broad SMARTS) is 1. The summed E-state index contributed by atoms with van der Waals surface area (Å²) >= 11 is 0. The lowest BCUT2D eigenvalue weighted by Gasteiger charge is -2.27. The van der Waals surface area contributed by atoms with Crippen LogP contribution in [0.5, 0.6) is 0 Å². The number of nitrogens with zero attached hydrogens (tertiary/aromatic N) is 1. The highest BCUT2D eigenvalue weighted by molar-refractivity contribution is 7.91. The molecule has 0 aromatic rings. The highest BCUT2D eigenvalue weighted by Gasteiger charge is 2.35. The summed E-state index contributed by atoms with van der Waals surface area (Å²) in [7, 11) is -3.17. The van der Waals surface area contributed by atoms with Gasteiger partial charge in [-0.15, -0.1) is 0 Å². The lowest BCUT2D eigenvalue weighted by Crippen LogP contribution is -2.50. The van der Waals surface area contributed by atoms with Crippen LogP contribution in [0, 0.1) is 5.92 Å². The van der Waals surface area contributed by atoms with Gasteiger partial charge in [-0.2, -0.15) is 0 Å². The van der Waals surface area contributed by atoms with E-state index in [1.54, 1.807) is 0 Å². The summed E-state index contributed by atoms with van der Waals surface area (Å²) in [6, 6.07) is -1.09. The van der Waals surface area contributed by atoms with E-state index >= 15 is 0 Å². The maximum Gasteiger partial charge on any atom is 0.323 e. The summed E-state index contributed by atoms with van der Waals surface area (Å²) < 4.78 is 28.2. The van der Waals surface area contributed by atoms with Crippen LogP contribution in [0.1, 0.15) is 12.8 Å². The summed E-state index contributed by atoms with van der Waals surface area (Å²) in [5.41, 5.74) is 0. The molecule has 0 aromatic carbocycles. The van der Waals surface area contributed by atoms with Crippen LogP contribution in [0.3, 0.4) is 0 Å². The Kier molecular flexibility index (Phi) is 5.04. The van der Waals surface area contributed by atoms with Crippen molar-refractivity contribution in [2.24, 2.45) is 5.92 Å². The van der Waals surface area contributed by atoms with E-state index in [9.17, 15) is 18.0 Å². The van der Waals surface area contributed by atoms with Crippen molar-refractivity contribution in [3.63, 3.8) is 0 Å². The first-order valence-corrected chi connectivity index (χ1v) is 8.74. The predicted octanol–water partition coefficient (Wildman–Crippen LogP) is -0.694. The summed E-state index contributed by atoms with van der Waals surface area (Å²) in [5.74, 6) is -1.09. The Balaban J connectivity index is 1.94. The largest absolute Gasteiger partial charge is 0.480 e. The fourth-order valence-corrected chi connectivity index (χ4v) is 4.34. The molecule has 0 aliphatic carbocycles. The number of sulfone groups is 1. The Labute approximate surface area is 123 Å². The van der Waals surface area contributed by atoms with Gasteiger partial charge in [-0.25, -0.2) is 13.2 Å². The Morgan fingerprint density at radius 2 is 2.10 bits per heavy atom. The normalized spacial score (nSPS) is 27.4. The summed E-state index contributed by atoms with van der Waals surface area (Å²) in [4.78, 5) is 24.2. The molecule has 0 saturated carbocycles. The zero-order chi connectivity index (χ0) is 15.5. The smallest absolute Gasteiger partial charge is 0.323 e. The van der Waals surface area contributed by atoms with Crippen molar-refractivity contribution in [2.45, 2.75) is 18.9 Å². The van der Waals surface area contributed by atoms with E-state index in [0.29, 0.717) is 19.8 Å². The van der Waals surface area contributed by atoms with Gasteiger partial charge in [-0.1, -0.05) is 0 Å². The Hall–Kier alpha value is -1.35. The minimum Gasteiger partial charge on any atom is -0.480 e. The highest BCUT2D eigenvalue weighted by atomic mass is 32.2. The van der Waals surface area contributed by atoms with Crippen LogP contribution in [-0.2, 0) is 19.4 Å². The standard InChI is InChI=1S/C12H20N2O6S/c15-11(16)6-14(10-2-4-21(18,19)8-10)12(17)13-5-9-1-3-20-7-9/h9-10H,1-8H2,(H,13,17)(H,15,16). The quantitative estimate of drug-likeness (QED) is 0.693. The van der Waals surface area contributed by atoms with Crippen LogP contribution >= 0.6 is 0 Å². The second kappa shape index (κ2) is 6.61. The molecule has 2 unspecified atom stereocenters. The molecule has 2 saturated heterocycles. The molecule has 9 heteroatoms. The van der Waals surface area contributed by atoms with Gasteiger partial charge < -0.3 is 20.1 Å². The average Bonchev–Trinajstić information content (AvgIpc) is 3.02. The van der Waals surface area contributed by atoms with Crippen molar-refractivity contribution < 1.29 is 27.9 Å². The molecule has 2 aliphatic rings. The van der Waals surface area contributed by atoms with Gasteiger partial charge in [0.05, 0.1) is 18.1 Å². The second-order valence-electron chi connectivity index (χ2n) is 5.49. The van der Waals surface area contributed by atoms with Crippen LogP contribution in [0.4, 0.5) is 4.79 Å². The van der Waals surface area contributed by atoms with Gasteiger partial charge in [0.2, 0.25) is 0 Å². The van der Waals surface area contributed by atoms with Gasteiger partial charge in [0, 0.05) is 25.1 Å². The second-order valence-corrected chi connectivity index (χ2v) is 7.72. The number of hydrogen-bond acceptors (Lipinski definition) is 5. The lowest BCUT2D eigenvalue weighted by molar-refractivity contribution is -0.138. The van der Waals surface area contributed by atoms with Gasteiger partial charge in [-0.05, 0) is 12.8 Å². The lowest BCUT2D eigenvalue weighted by atomic mass is 10.1. The monoisotopic (exact) mass is 320 g/mol. The van der Waals surface area contributed by atoms with Crippen molar-refractivity contribution in [3.05, 3.63) is 0 Å². The highest BCUT2D eigenvalue weighted by Crippen LogP contribution is 2.18. The molecule has 0 radical (unpaired) electrons. The molecule has 2 heterocycles. The molecule has 2 aliphatic heterocycles. The summed E-state index contributed by atoms with van der Waals surface area (Å²) in [6.45, 7) is 1.17. The van der Waals surface area contributed by atoms with Crippen molar-refractivity contribution in [1.82, 2.24) is 10.2 Å². The van der Waals surface area contributed by atoms with E-state index < -0.39 is 34.4 Å². The molecule has 2 N–H and O–H groups in total. The van der Waals surface area contributed by atoms with Gasteiger partial charge in [0.25, 0.3) is 0 Å². The Morgan fingerprint density at radius 1 is 1.33 bits per heavy atom. The maximum atomic E-state index is 12.1. The molecular formula is C12H20N2O6S. The zero-order valence-corrected chi connectivity index (χ0v) is 12.5. The molecule has 2 amide bonds. The topological polar surface area (TPSA) is 113 Å². The minimum absolute atomic E-state index is 0.00245. The van der Waals surface area contributed by atoms with Crippen molar-refractivity contribution in [3.8, 4) is 0 Å². The van der Waals surface area contributed by atoms with Gasteiger partial charge in [0.1, 0.15) is 6.54 Å². The molecule has 21 heavy (non-hydrogen) atoms. The number of hydrogen-bond donors (Lipinski definition) is 2. The van der Waals surface area contributed by atoms with Crippen LogP contribution in [0.15, 0.2) is 0 Å². The fraction of sp³-hybridized carbons (Fsp3) is 0.833. The van der Waals surface area contributed by atoms with Crippen LogP contribution in [0.2, 0.25) is 0 Å². The molecule has 120 valence electrons. The van der Waals surface area contributed by atoms with Crippen LogP contribution in [-0.4, -0.2) is 74.3 Å². The van der Waals surface area contributed by atoms with Crippen LogP contribution < -0.4 is 5.32 Å². The Bertz CT molecular complexity index is 500. The number of carbonyl (C=O) groups is 2. The van der Waals surface area contributed by atoms with E-state index in [4.69, 9.17) is 9.84 Å². The molecule has 2 rings (SSSR count). The molecule has 0 bridgehead atoms. The average molecular weight is 320 g/mol. The molecule has 2 fully saturated rings. The number of rotatable bonds is 5. The Morgan fingerprint density at radius 3 is 2.62 bits per heavy atom. The summed E-state index contributed by atoms with van der Waals surface area (Å²) in [5, 5.41) is 11.6. The number of urea groups is 1. The van der Waals surface area contributed by atoms with Crippen molar-refractivity contribution in [1.29, 1.82) is 0 Å². The molecule has 0 spiro atoms. The van der Waals surface area contributed by atoms with Gasteiger partial charge >= 0.3 is 12.0 Å². The molecule has 8 nitrogen and oxygen atoms in total. The fourth-order valence-electron chi connectivity index (χ4n) is 2.61. The van der Waals surface area contributed by atoms with Crippen molar-refractivity contribution in [2.75, 3.05) is 37.8 Å².